The molecule has 36 heavy (non-hydrogen) atoms. The second-order valence-electron chi connectivity index (χ2n) is 10.4. The largest absolute Gasteiger partial charge is 0.497 e. The van der Waals surface area contributed by atoms with Crippen LogP contribution < -0.4 is 9.46 Å². The first-order valence-electron chi connectivity index (χ1n) is 12.3. The first-order chi connectivity index (χ1) is 17.1. The van der Waals surface area contributed by atoms with Crippen LogP contribution in [0.2, 0.25) is 0 Å². The number of amides is 3. The number of ether oxygens (including phenoxy) is 1. The van der Waals surface area contributed by atoms with E-state index in [1.807, 2.05) is 31.2 Å². The second kappa shape index (κ2) is 9.19. The highest BCUT2D eigenvalue weighted by molar-refractivity contribution is 7.90. The van der Waals surface area contributed by atoms with Gasteiger partial charge in [0, 0.05) is 24.2 Å². The maximum atomic E-state index is 13.6. The van der Waals surface area contributed by atoms with Gasteiger partial charge >= 0.3 is 6.03 Å². The van der Waals surface area contributed by atoms with E-state index in [9.17, 15) is 18.0 Å². The fourth-order valence-electron chi connectivity index (χ4n) is 5.29. The molecule has 2 aliphatic carbocycles. The highest BCUT2D eigenvalue weighted by Crippen LogP contribution is 2.41. The first kappa shape index (κ1) is 24.8. The number of carbonyl (C=O) groups excluding carboxylic acids is 2. The molecule has 10 nitrogen and oxygen atoms in total. The van der Waals surface area contributed by atoms with Crippen molar-refractivity contribution in [2.24, 2.45) is 5.92 Å². The lowest BCUT2D eigenvalue weighted by atomic mass is 9.80. The number of benzene rings is 1. The molecule has 3 atom stereocenters. The Morgan fingerprint density at radius 3 is 2.64 bits per heavy atom. The van der Waals surface area contributed by atoms with E-state index < -0.39 is 27.2 Å². The number of hydrogen-bond donors (Lipinski definition) is 1. The average molecular weight is 517 g/mol. The molecule has 2 heterocycles. The topological polar surface area (TPSA) is 122 Å². The molecule has 1 N–H and O–H groups in total. The molecular weight excluding hydrogens is 484 g/mol. The van der Waals surface area contributed by atoms with Crippen LogP contribution in [0.5, 0.6) is 5.75 Å². The van der Waals surface area contributed by atoms with Crippen molar-refractivity contribution in [1.29, 1.82) is 0 Å². The summed E-state index contributed by atoms with van der Waals surface area (Å²) in [7, 11) is -2.01. The maximum Gasteiger partial charge on any atom is 0.327 e. The third-order valence-electron chi connectivity index (χ3n) is 7.53. The Bertz CT molecular complexity index is 1270. The number of nitrogens with zero attached hydrogens (tertiary/aromatic N) is 3. The van der Waals surface area contributed by atoms with Gasteiger partial charge < -0.3 is 14.2 Å². The first-order valence-corrected chi connectivity index (χ1v) is 13.8. The molecule has 5 rings (SSSR count). The van der Waals surface area contributed by atoms with Crippen molar-refractivity contribution in [2.75, 3.05) is 7.11 Å². The van der Waals surface area contributed by atoms with E-state index in [0.717, 1.165) is 18.4 Å². The monoisotopic (exact) mass is 516 g/mol. The van der Waals surface area contributed by atoms with Gasteiger partial charge in [-0.15, -0.1) is 0 Å². The lowest BCUT2D eigenvalue weighted by Crippen LogP contribution is -2.63. The Balaban J connectivity index is 1.43. The van der Waals surface area contributed by atoms with Crippen LogP contribution >= 0.6 is 0 Å². The number of carbonyl (C=O) groups is 2. The van der Waals surface area contributed by atoms with Crippen LogP contribution in [0.3, 0.4) is 0 Å². The van der Waals surface area contributed by atoms with Crippen LogP contribution in [0.15, 0.2) is 34.9 Å². The zero-order chi connectivity index (χ0) is 25.7. The van der Waals surface area contributed by atoms with Crippen molar-refractivity contribution in [3.8, 4) is 5.75 Å². The summed E-state index contributed by atoms with van der Waals surface area (Å²) >= 11 is 0. The predicted molar refractivity (Wildman–Crippen MR) is 130 cm³/mol. The molecule has 1 aromatic heterocycles. The Morgan fingerprint density at radius 2 is 1.97 bits per heavy atom. The number of aryl methyl sites for hydroxylation is 1. The molecule has 1 saturated heterocycles. The third-order valence-corrected chi connectivity index (χ3v) is 9.61. The van der Waals surface area contributed by atoms with Crippen LogP contribution in [-0.4, -0.2) is 59.3 Å². The van der Waals surface area contributed by atoms with E-state index in [4.69, 9.17) is 9.26 Å². The number of imide groups is 1. The normalized spacial score (nSPS) is 25.6. The Kier molecular flexibility index (Phi) is 6.32. The van der Waals surface area contributed by atoms with E-state index in [1.54, 1.807) is 25.0 Å². The van der Waals surface area contributed by atoms with E-state index in [1.165, 1.54) is 4.90 Å². The fourth-order valence-corrected chi connectivity index (χ4v) is 7.25. The molecule has 2 saturated carbocycles. The maximum absolute atomic E-state index is 13.6. The molecule has 3 unspecified atom stereocenters. The molecule has 194 valence electrons. The minimum atomic E-state index is -3.59. The van der Waals surface area contributed by atoms with Crippen LogP contribution in [0, 0.1) is 12.8 Å². The van der Waals surface area contributed by atoms with Gasteiger partial charge in [-0.1, -0.05) is 17.3 Å². The van der Waals surface area contributed by atoms with E-state index >= 15 is 0 Å². The molecule has 3 amide bonds. The molecule has 1 aromatic carbocycles. The van der Waals surface area contributed by atoms with Crippen LogP contribution in [0.1, 0.15) is 56.0 Å². The minimum Gasteiger partial charge on any atom is -0.497 e. The fraction of sp³-hybridized carbons (Fsp3) is 0.560. The standard InChI is InChI=1S/C25H32N4O6S/c1-16-11-19(35-26-16)15-29-23(30)21-13-20(36(32,33)27-25(2)9-10-25)7-8-22(21)28(24(29)31)14-17-5-4-6-18(12-17)34-3/h4-6,11-12,20-22,27H,7-10,13-15H2,1-3H3. The lowest BCUT2D eigenvalue weighted by Gasteiger charge is -2.48. The Labute approximate surface area is 211 Å². The number of nitrogens with one attached hydrogen (secondary N) is 1. The molecule has 11 heteroatoms. The number of aromatic nitrogens is 1. The van der Waals surface area contributed by atoms with Gasteiger partial charge in [-0.05, 0) is 63.6 Å². The van der Waals surface area contributed by atoms with Crippen molar-refractivity contribution < 1.29 is 27.3 Å². The van der Waals surface area contributed by atoms with Crippen molar-refractivity contribution in [3.05, 3.63) is 47.3 Å². The van der Waals surface area contributed by atoms with Crippen molar-refractivity contribution in [1.82, 2.24) is 19.7 Å². The summed E-state index contributed by atoms with van der Waals surface area (Å²) < 4.78 is 39.8. The number of rotatable bonds is 8. The Hall–Kier alpha value is -2.92. The summed E-state index contributed by atoms with van der Waals surface area (Å²) in [5.41, 5.74) is 1.14. The number of hydrogen-bond acceptors (Lipinski definition) is 7. The molecule has 0 spiro atoms. The number of methoxy groups -OCH3 is 1. The van der Waals surface area contributed by atoms with Gasteiger partial charge in [-0.3, -0.25) is 9.69 Å². The van der Waals surface area contributed by atoms with Gasteiger partial charge in [0.2, 0.25) is 15.9 Å². The minimum absolute atomic E-state index is 0.0515. The van der Waals surface area contributed by atoms with Gasteiger partial charge in [0.25, 0.3) is 0 Å². The predicted octanol–water partition coefficient (Wildman–Crippen LogP) is 2.97. The molecule has 3 fully saturated rings. The third kappa shape index (κ3) is 4.86. The average Bonchev–Trinajstić information content (AvgIpc) is 3.42. The second-order valence-corrected chi connectivity index (χ2v) is 12.4. The lowest BCUT2D eigenvalue weighted by molar-refractivity contribution is -0.141. The molecule has 0 bridgehead atoms. The smallest absolute Gasteiger partial charge is 0.327 e. The molecular formula is C25H32N4O6S. The number of sulfonamides is 1. The van der Waals surface area contributed by atoms with Crippen LogP contribution in [-0.2, 0) is 27.9 Å². The number of fused-ring (bicyclic) bond motifs is 1. The quantitative estimate of drug-likeness (QED) is 0.572. The summed E-state index contributed by atoms with van der Waals surface area (Å²) in [4.78, 5) is 30.1. The van der Waals surface area contributed by atoms with Crippen molar-refractivity contribution in [2.45, 2.75) is 75.9 Å². The van der Waals surface area contributed by atoms with E-state index in [0.29, 0.717) is 30.0 Å². The molecule has 0 radical (unpaired) electrons. The van der Waals surface area contributed by atoms with Crippen LogP contribution in [0.4, 0.5) is 4.79 Å². The van der Waals surface area contributed by atoms with Gasteiger partial charge in [-0.25, -0.2) is 17.9 Å². The summed E-state index contributed by atoms with van der Waals surface area (Å²) in [5.74, 6) is 0.0865. The Morgan fingerprint density at radius 1 is 1.19 bits per heavy atom. The van der Waals surface area contributed by atoms with E-state index in [-0.39, 0.29) is 37.0 Å². The summed E-state index contributed by atoms with van der Waals surface area (Å²) in [6.07, 6.45) is 2.63. The zero-order valence-electron chi connectivity index (χ0n) is 20.8. The summed E-state index contributed by atoms with van der Waals surface area (Å²) in [5, 5.41) is 3.19. The van der Waals surface area contributed by atoms with Crippen LogP contribution in [0.25, 0.3) is 0 Å². The molecule has 1 aliphatic heterocycles. The van der Waals surface area contributed by atoms with Gasteiger partial charge in [-0.2, -0.15) is 0 Å². The molecule has 2 aromatic rings. The van der Waals surface area contributed by atoms with Gasteiger partial charge in [0.15, 0.2) is 5.76 Å². The highest BCUT2D eigenvalue weighted by Gasteiger charge is 2.52. The van der Waals surface area contributed by atoms with E-state index in [2.05, 4.69) is 9.88 Å². The van der Waals surface area contributed by atoms with Gasteiger partial charge in [0.1, 0.15) is 5.75 Å². The van der Waals surface area contributed by atoms with Crippen molar-refractivity contribution in [3.63, 3.8) is 0 Å². The summed E-state index contributed by atoms with van der Waals surface area (Å²) in [6, 6.07) is 8.34. The molecule has 3 aliphatic rings. The van der Waals surface area contributed by atoms with Crippen molar-refractivity contribution >= 4 is 22.0 Å². The zero-order valence-corrected chi connectivity index (χ0v) is 21.6. The SMILES string of the molecule is COc1cccc(CN2C(=O)N(Cc3cc(C)no3)C(=O)C3CC(S(=O)(=O)NC4(C)CC4)CCC32)c1. The summed E-state index contributed by atoms with van der Waals surface area (Å²) in [6.45, 7) is 3.90. The number of urea groups is 1. The van der Waals surface area contributed by atoms with Gasteiger partial charge in [0.05, 0.1) is 30.5 Å². The highest BCUT2D eigenvalue weighted by atomic mass is 32.2.